The lowest BCUT2D eigenvalue weighted by Gasteiger charge is -2.18. The molecule has 0 saturated carbocycles. The van der Waals surface area contributed by atoms with Crippen molar-refractivity contribution < 1.29 is 14.3 Å². The Morgan fingerprint density at radius 2 is 1.40 bits per heavy atom. The quantitative estimate of drug-likeness (QED) is 0.793. The Balaban J connectivity index is 2.32. The molecule has 2 rings (SSSR count). The molecule has 20 heavy (non-hydrogen) atoms. The van der Waals surface area contributed by atoms with Crippen LogP contribution in [0.3, 0.4) is 0 Å². The topological polar surface area (TPSA) is 43.4 Å². The molecular weight excluding hydrogens is 252 g/mol. The first-order valence-electron chi connectivity index (χ1n) is 6.55. The van der Waals surface area contributed by atoms with Crippen LogP contribution in [0.15, 0.2) is 46.6 Å². The van der Waals surface area contributed by atoms with E-state index in [-0.39, 0.29) is 11.6 Å². The number of rotatable bonds is 3. The van der Waals surface area contributed by atoms with Crippen molar-refractivity contribution in [3.05, 3.63) is 52.1 Å². The zero-order chi connectivity index (χ0) is 14.9. The highest BCUT2D eigenvalue weighted by Gasteiger charge is 2.27. The van der Waals surface area contributed by atoms with Crippen LogP contribution in [0.2, 0.25) is 0 Å². The van der Waals surface area contributed by atoms with Gasteiger partial charge in [0, 0.05) is 28.7 Å². The van der Waals surface area contributed by atoms with Gasteiger partial charge < -0.3 is 4.74 Å². The first kappa shape index (κ1) is 14.3. The van der Waals surface area contributed by atoms with Crippen LogP contribution in [-0.4, -0.2) is 18.7 Å². The van der Waals surface area contributed by atoms with Crippen molar-refractivity contribution in [1.29, 1.82) is 0 Å². The van der Waals surface area contributed by atoms with Crippen molar-refractivity contribution in [2.24, 2.45) is 0 Å². The van der Waals surface area contributed by atoms with E-state index >= 15 is 0 Å². The van der Waals surface area contributed by atoms with Gasteiger partial charge in [0.25, 0.3) is 0 Å². The average Bonchev–Trinajstić information content (AvgIpc) is 2.48. The lowest BCUT2D eigenvalue weighted by molar-refractivity contribution is -0.116. The summed E-state index contributed by atoms with van der Waals surface area (Å²) in [7, 11) is 1.61. The standard InChI is InChI=1S/C17H18O3/c1-10-11(2)17(19)15(12(3)16(10)18)9-13-5-7-14(20-4)8-6-13/h5-8H,9H2,1-4H3. The summed E-state index contributed by atoms with van der Waals surface area (Å²) in [6, 6.07) is 7.54. The molecule has 1 aliphatic rings. The number of hydrogen-bond acceptors (Lipinski definition) is 3. The highest BCUT2D eigenvalue weighted by Crippen LogP contribution is 2.27. The molecule has 3 heteroatoms. The minimum Gasteiger partial charge on any atom is -0.497 e. The van der Waals surface area contributed by atoms with Crippen LogP contribution in [0.25, 0.3) is 0 Å². The summed E-state index contributed by atoms with van der Waals surface area (Å²) in [5, 5.41) is 0. The van der Waals surface area contributed by atoms with Gasteiger partial charge in [-0.1, -0.05) is 12.1 Å². The van der Waals surface area contributed by atoms with Crippen LogP contribution in [-0.2, 0) is 16.0 Å². The Kier molecular flexibility index (Phi) is 3.89. The number of carbonyl (C=O) groups is 2. The molecule has 104 valence electrons. The van der Waals surface area contributed by atoms with Crippen molar-refractivity contribution >= 4 is 11.6 Å². The summed E-state index contributed by atoms with van der Waals surface area (Å²) in [5.41, 5.74) is 3.28. The van der Waals surface area contributed by atoms with Crippen molar-refractivity contribution in [3.63, 3.8) is 0 Å². The van der Waals surface area contributed by atoms with E-state index in [1.54, 1.807) is 27.9 Å². The van der Waals surface area contributed by atoms with E-state index in [0.717, 1.165) is 11.3 Å². The number of benzene rings is 1. The average molecular weight is 270 g/mol. The Morgan fingerprint density at radius 3 is 1.95 bits per heavy atom. The van der Waals surface area contributed by atoms with Crippen LogP contribution in [0.4, 0.5) is 0 Å². The third-order valence-corrected chi connectivity index (χ3v) is 3.85. The van der Waals surface area contributed by atoms with Gasteiger partial charge >= 0.3 is 0 Å². The molecule has 0 fully saturated rings. The zero-order valence-corrected chi connectivity index (χ0v) is 12.2. The van der Waals surface area contributed by atoms with E-state index in [0.29, 0.717) is 28.7 Å². The maximum Gasteiger partial charge on any atom is 0.185 e. The van der Waals surface area contributed by atoms with Crippen LogP contribution < -0.4 is 4.74 Å². The van der Waals surface area contributed by atoms with Gasteiger partial charge in [-0.15, -0.1) is 0 Å². The number of Topliss-reactive ketones (excluding diaryl/α,β-unsaturated/α-hetero) is 2. The van der Waals surface area contributed by atoms with Crippen LogP contribution in [0.1, 0.15) is 26.3 Å². The fourth-order valence-electron chi connectivity index (χ4n) is 2.32. The van der Waals surface area contributed by atoms with Gasteiger partial charge in [-0.2, -0.15) is 0 Å². The first-order chi connectivity index (χ1) is 9.45. The number of allylic oxidation sites excluding steroid dienone is 4. The highest BCUT2D eigenvalue weighted by atomic mass is 16.5. The summed E-state index contributed by atoms with van der Waals surface area (Å²) in [4.78, 5) is 24.4. The summed E-state index contributed by atoms with van der Waals surface area (Å²) < 4.78 is 5.11. The molecule has 0 saturated heterocycles. The number of ether oxygens (including phenoxy) is 1. The molecule has 0 unspecified atom stereocenters. The van der Waals surface area contributed by atoms with Crippen LogP contribution in [0.5, 0.6) is 5.75 Å². The van der Waals surface area contributed by atoms with E-state index in [2.05, 4.69) is 0 Å². The molecule has 1 aliphatic carbocycles. The first-order valence-corrected chi connectivity index (χ1v) is 6.55. The molecule has 0 spiro atoms. The Labute approximate surface area is 118 Å². The molecule has 1 aromatic rings. The van der Waals surface area contributed by atoms with E-state index in [1.165, 1.54) is 0 Å². The third-order valence-electron chi connectivity index (χ3n) is 3.85. The van der Waals surface area contributed by atoms with Crippen molar-refractivity contribution in [2.45, 2.75) is 27.2 Å². The molecule has 0 radical (unpaired) electrons. The highest BCUT2D eigenvalue weighted by molar-refractivity contribution is 6.24. The van der Waals surface area contributed by atoms with Gasteiger partial charge in [-0.3, -0.25) is 9.59 Å². The second-order valence-electron chi connectivity index (χ2n) is 5.04. The molecule has 0 N–H and O–H groups in total. The number of hydrogen-bond donors (Lipinski definition) is 0. The van der Waals surface area contributed by atoms with E-state index in [1.807, 2.05) is 24.3 Å². The van der Waals surface area contributed by atoms with Gasteiger partial charge in [-0.25, -0.2) is 0 Å². The summed E-state index contributed by atoms with van der Waals surface area (Å²) in [6.45, 7) is 5.16. The number of methoxy groups -OCH3 is 1. The van der Waals surface area contributed by atoms with Crippen LogP contribution in [0, 0.1) is 0 Å². The maximum atomic E-state index is 12.3. The molecule has 0 amide bonds. The summed E-state index contributed by atoms with van der Waals surface area (Å²) in [6.07, 6.45) is 0.477. The SMILES string of the molecule is COc1ccc(CC2=C(C)C(=O)C(C)=C(C)C2=O)cc1. The Bertz CT molecular complexity index is 631. The maximum absolute atomic E-state index is 12.3. The monoisotopic (exact) mass is 270 g/mol. The normalized spacial score (nSPS) is 16.0. The Hall–Kier alpha value is -2.16. The summed E-state index contributed by atoms with van der Waals surface area (Å²) >= 11 is 0. The third kappa shape index (κ3) is 2.44. The van der Waals surface area contributed by atoms with Crippen LogP contribution >= 0.6 is 0 Å². The molecule has 0 aromatic heterocycles. The predicted molar refractivity (Wildman–Crippen MR) is 77.8 cm³/mol. The van der Waals surface area contributed by atoms with E-state index < -0.39 is 0 Å². The van der Waals surface area contributed by atoms with Crippen molar-refractivity contribution in [3.8, 4) is 5.75 Å². The van der Waals surface area contributed by atoms with Gasteiger partial charge in [0.2, 0.25) is 0 Å². The van der Waals surface area contributed by atoms with Gasteiger partial charge in [-0.05, 0) is 38.5 Å². The lowest BCUT2D eigenvalue weighted by Crippen LogP contribution is -2.21. The van der Waals surface area contributed by atoms with E-state index in [4.69, 9.17) is 4.74 Å². The fraction of sp³-hybridized carbons (Fsp3) is 0.294. The molecule has 3 nitrogen and oxygen atoms in total. The van der Waals surface area contributed by atoms with Crippen molar-refractivity contribution in [2.75, 3.05) is 7.11 Å². The lowest BCUT2D eigenvalue weighted by atomic mass is 9.83. The largest absolute Gasteiger partial charge is 0.497 e. The van der Waals surface area contributed by atoms with Crippen molar-refractivity contribution in [1.82, 2.24) is 0 Å². The smallest absolute Gasteiger partial charge is 0.185 e. The Morgan fingerprint density at radius 1 is 0.850 bits per heavy atom. The number of carbonyl (C=O) groups excluding carboxylic acids is 2. The predicted octanol–water partition coefficient (Wildman–Crippen LogP) is 3.04. The minimum absolute atomic E-state index is 0.0181. The van der Waals surface area contributed by atoms with E-state index in [9.17, 15) is 9.59 Å². The second kappa shape index (κ2) is 5.45. The van der Waals surface area contributed by atoms with Gasteiger partial charge in [0.05, 0.1) is 7.11 Å². The van der Waals surface area contributed by atoms with Gasteiger partial charge in [0.1, 0.15) is 5.75 Å². The number of ketones is 2. The fourth-order valence-corrected chi connectivity index (χ4v) is 2.32. The second-order valence-corrected chi connectivity index (χ2v) is 5.04. The molecule has 0 heterocycles. The molecule has 0 bridgehead atoms. The molecule has 1 aromatic carbocycles. The summed E-state index contributed by atoms with van der Waals surface area (Å²) in [5.74, 6) is 0.735. The molecule has 0 aliphatic heterocycles. The zero-order valence-electron chi connectivity index (χ0n) is 12.2. The van der Waals surface area contributed by atoms with Gasteiger partial charge in [0.15, 0.2) is 11.6 Å². The molecular formula is C17H18O3. The minimum atomic E-state index is -0.0226. The molecule has 0 atom stereocenters.